The first-order chi connectivity index (χ1) is 6.43. The molecule has 0 saturated heterocycles. The molecule has 14 heavy (non-hydrogen) atoms. The molecular formula is C10H14O4. The van der Waals surface area contributed by atoms with Crippen LogP contribution >= 0.6 is 0 Å². The lowest BCUT2D eigenvalue weighted by Crippen LogP contribution is -1.95. The topological polar surface area (TPSA) is 74.6 Å². The normalized spacial score (nSPS) is 12.7. The van der Waals surface area contributed by atoms with Crippen molar-refractivity contribution in [3.63, 3.8) is 0 Å². The third-order valence-corrected chi connectivity index (χ3v) is 1.70. The number of hydrogen-bond acceptors (Lipinski definition) is 2. The molecule has 0 aliphatic rings. The van der Waals surface area contributed by atoms with E-state index in [0.29, 0.717) is 12.8 Å². The van der Waals surface area contributed by atoms with Gasteiger partial charge in [-0.25, -0.2) is 9.59 Å². The molecule has 0 radical (unpaired) electrons. The molecular weight excluding hydrogens is 184 g/mol. The Labute approximate surface area is 82.6 Å². The summed E-state index contributed by atoms with van der Waals surface area (Å²) in [6.45, 7) is 3.22. The van der Waals surface area contributed by atoms with Crippen LogP contribution in [0.1, 0.15) is 26.7 Å². The second kappa shape index (κ2) is 5.96. The molecule has 0 fully saturated rings. The minimum absolute atomic E-state index is 0.285. The molecule has 4 nitrogen and oxygen atoms in total. The molecule has 0 aromatic carbocycles. The van der Waals surface area contributed by atoms with Crippen molar-refractivity contribution in [2.45, 2.75) is 26.7 Å². The third-order valence-electron chi connectivity index (χ3n) is 1.70. The van der Waals surface area contributed by atoms with E-state index in [-0.39, 0.29) is 5.57 Å². The molecule has 0 aliphatic carbocycles. The molecule has 0 atom stereocenters. The number of carbonyl (C=O) groups is 2. The Balaban J connectivity index is 4.02. The van der Waals surface area contributed by atoms with Crippen molar-refractivity contribution >= 4 is 11.9 Å². The molecule has 0 bridgehead atoms. The monoisotopic (exact) mass is 198 g/mol. The zero-order valence-corrected chi connectivity index (χ0v) is 8.28. The minimum atomic E-state index is -0.971. The Kier molecular flexibility index (Phi) is 5.29. The fraction of sp³-hybridized carbons (Fsp3) is 0.400. The Morgan fingerprint density at radius 3 is 2.21 bits per heavy atom. The van der Waals surface area contributed by atoms with E-state index in [1.807, 2.05) is 0 Å². The quantitative estimate of drug-likeness (QED) is 0.661. The Hall–Kier alpha value is -1.58. The van der Waals surface area contributed by atoms with Crippen molar-refractivity contribution in [3.8, 4) is 0 Å². The first-order valence-electron chi connectivity index (χ1n) is 4.23. The Bertz CT molecular complexity index is 286. The highest BCUT2D eigenvalue weighted by Crippen LogP contribution is 2.06. The highest BCUT2D eigenvalue weighted by Gasteiger charge is 1.98. The lowest BCUT2D eigenvalue weighted by molar-refractivity contribution is -0.133. The lowest BCUT2D eigenvalue weighted by Gasteiger charge is -1.96. The van der Waals surface area contributed by atoms with Crippen LogP contribution in [0, 0.1) is 0 Å². The predicted molar refractivity (Wildman–Crippen MR) is 52.0 cm³/mol. The minimum Gasteiger partial charge on any atom is -0.478 e. The average Bonchev–Trinajstić information content (AvgIpc) is 2.02. The average molecular weight is 198 g/mol. The van der Waals surface area contributed by atoms with Gasteiger partial charge in [0.15, 0.2) is 0 Å². The van der Waals surface area contributed by atoms with Crippen molar-refractivity contribution in [3.05, 3.63) is 23.3 Å². The van der Waals surface area contributed by atoms with Gasteiger partial charge >= 0.3 is 11.9 Å². The van der Waals surface area contributed by atoms with Crippen LogP contribution in [-0.2, 0) is 9.59 Å². The molecule has 0 heterocycles. The van der Waals surface area contributed by atoms with E-state index < -0.39 is 11.9 Å². The highest BCUT2D eigenvalue weighted by atomic mass is 16.4. The predicted octanol–water partition coefficient (Wildman–Crippen LogP) is 1.83. The van der Waals surface area contributed by atoms with Crippen molar-refractivity contribution in [2.75, 3.05) is 0 Å². The molecule has 0 aliphatic heterocycles. The summed E-state index contributed by atoms with van der Waals surface area (Å²) in [6.07, 6.45) is 3.83. The number of hydrogen-bond donors (Lipinski definition) is 2. The number of allylic oxidation sites excluding steroid dienone is 2. The first-order valence-corrected chi connectivity index (χ1v) is 4.23. The van der Waals surface area contributed by atoms with Gasteiger partial charge in [0.2, 0.25) is 0 Å². The van der Waals surface area contributed by atoms with Crippen molar-refractivity contribution in [1.29, 1.82) is 0 Å². The van der Waals surface area contributed by atoms with E-state index >= 15 is 0 Å². The van der Waals surface area contributed by atoms with Crippen LogP contribution < -0.4 is 0 Å². The molecule has 4 heteroatoms. The second-order valence-electron chi connectivity index (χ2n) is 3.06. The van der Waals surface area contributed by atoms with Gasteiger partial charge in [-0.15, -0.1) is 0 Å². The van der Waals surface area contributed by atoms with Crippen LogP contribution in [-0.4, -0.2) is 22.2 Å². The number of carboxylic acids is 2. The summed E-state index contributed by atoms with van der Waals surface area (Å²) in [5, 5.41) is 16.9. The largest absolute Gasteiger partial charge is 0.478 e. The van der Waals surface area contributed by atoms with E-state index in [1.165, 1.54) is 6.92 Å². The van der Waals surface area contributed by atoms with E-state index in [4.69, 9.17) is 10.2 Å². The maximum atomic E-state index is 10.4. The number of carboxylic acid groups (broad SMARTS) is 2. The van der Waals surface area contributed by atoms with Gasteiger partial charge in [-0.2, -0.15) is 0 Å². The molecule has 0 rings (SSSR count). The van der Waals surface area contributed by atoms with Crippen molar-refractivity contribution in [1.82, 2.24) is 0 Å². The maximum absolute atomic E-state index is 10.4. The van der Waals surface area contributed by atoms with E-state index in [9.17, 15) is 9.59 Å². The SMILES string of the molecule is C/C(=C/C(=O)O)CC/C=C(/C)C(=O)O. The van der Waals surface area contributed by atoms with Gasteiger partial charge < -0.3 is 10.2 Å². The van der Waals surface area contributed by atoms with Gasteiger partial charge in [-0.3, -0.25) is 0 Å². The zero-order chi connectivity index (χ0) is 11.1. The van der Waals surface area contributed by atoms with Gasteiger partial charge in [0.05, 0.1) is 0 Å². The Morgan fingerprint density at radius 2 is 1.79 bits per heavy atom. The fourth-order valence-electron chi connectivity index (χ4n) is 0.887. The lowest BCUT2D eigenvalue weighted by atomic mass is 10.1. The second-order valence-corrected chi connectivity index (χ2v) is 3.06. The maximum Gasteiger partial charge on any atom is 0.330 e. The van der Waals surface area contributed by atoms with Crippen LogP contribution in [0.15, 0.2) is 23.3 Å². The number of rotatable bonds is 5. The molecule has 78 valence electrons. The molecule has 0 aromatic rings. The molecule has 0 aromatic heterocycles. The summed E-state index contributed by atoms with van der Waals surface area (Å²) in [6, 6.07) is 0. The van der Waals surface area contributed by atoms with Crippen LogP contribution in [0.25, 0.3) is 0 Å². The van der Waals surface area contributed by atoms with Gasteiger partial charge in [-0.1, -0.05) is 11.6 Å². The molecule has 2 N–H and O–H groups in total. The van der Waals surface area contributed by atoms with Crippen molar-refractivity contribution in [2.24, 2.45) is 0 Å². The van der Waals surface area contributed by atoms with Crippen LogP contribution in [0.5, 0.6) is 0 Å². The fourth-order valence-corrected chi connectivity index (χ4v) is 0.887. The molecule has 0 amide bonds. The highest BCUT2D eigenvalue weighted by molar-refractivity contribution is 5.85. The zero-order valence-electron chi connectivity index (χ0n) is 8.28. The van der Waals surface area contributed by atoms with Gasteiger partial charge in [-0.05, 0) is 26.7 Å². The summed E-state index contributed by atoms with van der Waals surface area (Å²) in [4.78, 5) is 20.6. The summed E-state index contributed by atoms with van der Waals surface area (Å²) < 4.78 is 0. The summed E-state index contributed by atoms with van der Waals surface area (Å²) in [5.74, 6) is -1.91. The Morgan fingerprint density at radius 1 is 1.21 bits per heavy atom. The van der Waals surface area contributed by atoms with Gasteiger partial charge in [0, 0.05) is 11.6 Å². The van der Waals surface area contributed by atoms with Crippen LogP contribution in [0.2, 0.25) is 0 Å². The van der Waals surface area contributed by atoms with Crippen molar-refractivity contribution < 1.29 is 19.8 Å². The van der Waals surface area contributed by atoms with Gasteiger partial charge in [0.25, 0.3) is 0 Å². The molecule has 0 saturated carbocycles. The van der Waals surface area contributed by atoms with E-state index in [2.05, 4.69) is 0 Å². The summed E-state index contributed by atoms with van der Waals surface area (Å²) >= 11 is 0. The van der Waals surface area contributed by atoms with E-state index in [1.54, 1.807) is 13.0 Å². The standard InChI is InChI=1S/C10H14O4/c1-7(6-9(11)12)4-3-5-8(2)10(13)14/h5-6H,3-4H2,1-2H3,(H,11,12)(H,13,14)/b7-6-,8-5-. The summed E-state index contributed by atoms with van der Waals surface area (Å²) in [7, 11) is 0. The first kappa shape index (κ1) is 12.4. The van der Waals surface area contributed by atoms with Crippen LogP contribution in [0.4, 0.5) is 0 Å². The molecule has 0 spiro atoms. The number of aliphatic carboxylic acids is 2. The molecule has 0 unspecified atom stereocenters. The van der Waals surface area contributed by atoms with Gasteiger partial charge in [0.1, 0.15) is 0 Å². The third kappa shape index (κ3) is 5.99. The summed E-state index contributed by atoms with van der Waals surface area (Å²) in [5.41, 5.74) is 1.01. The van der Waals surface area contributed by atoms with E-state index in [0.717, 1.165) is 11.6 Å². The smallest absolute Gasteiger partial charge is 0.330 e. The van der Waals surface area contributed by atoms with Crippen LogP contribution in [0.3, 0.4) is 0 Å².